The average molecular weight is 459 g/mol. The molecule has 1 amide bonds. The van der Waals surface area contributed by atoms with Crippen molar-refractivity contribution in [1.82, 2.24) is 4.98 Å². The van der Waals surface area contributed by atoms with Crippen LogP contribution in [-0.4, -0.2) is 25.1 Å². The number of halogens is 1. The van der Waals surface area contributed by atoms with Crippen molar-refractivity contribution in [3.05, 3.63) is 63.5 Å². The van der Waals surface area contributed by atoms with Crippen LogP contribution in [0.4, 0.5) is 5.13 Å². The van der Waals surface area contributed by atoms with Crippen LogP contribution in [0.5, 0.6) is 11.5 Å². The second-order valence-electron chi connectivity index (χ2n) is 5.96. The van der Waals surface area contributed by atoms with Crippen molar-refractivity contribution >= 4 is 44.4 Å². The minimum Gasteiger partial charge on any atom is -0.493 e. The smallest absolute Gasteiger partial charge is 0.250 e. The molecule has 144 valence electrons. The summed E-state index contributed by atoms with van der Waals surface area (Å²) in [6, 6.07) is 11.8. The van der Waals surface area contributed by atoms with E-state index in [0.29, 0.717) is 16.6 Å². The molecule has 0 saturated heterocycles. The molecule has 0 radical (unpaired) electrons. The Labute approximate surface area is 176 Å². The van der Waals surface area contributed by atoms with Gasteiger partial charge in [0, 0.05) is 17.0 Å². The van der Waals surface area contributed by atoms with E-state index in [0.717, 1.165) is 21.3 Å². The number of anilines is 1. The SMILES string of the molecule is COc1cc(C=CC(=O)Nc2nc(-c3ccc(C)cc3)cs2)cc(Br)c1OC. The molecule has 0 unspecified atom stereocenters. The van der Waals surface area contributed by atoms with Gasteiger partial charge >= 0.3 is 0 Å². The fourth-order valence-corrected chi connectivity index (χ4v) is 3.89. The van der Waals surface area contributed by atoms with E-state index < -0.39 is 0 Å². The molecule has 0 aliphatic rings. The lowest BCUT2D eigenvalue weighted by Gasteiger charge is -2.10. The summed E-state index contributed by atoms with van der Waals surface area (Å²) in [4.78, 5) is 16.7. The average Bonchev–Trinajstić information content (AvgIpc) is 3.14. The molecule has 7 heteroatoms. The van der Waals surface area contributed by atoms with Gasteiger partial charge in [0.15, 0.2) is 16.6 Å². The van der Waals surface area contributed by atoms with Crippen molar-refractivity contribution in [3.8, 4) is 22.8 Å². The number of ether oxygens (including phenoxy) is 2. The van der Waals surface area contributed by atoms with Gasteiger partial charge in [0.1, 0.15) is 0 Å². The summed E-state index contributed by atoms with van der Waals surface area (Å²) in [5, 5.41) is 5.27. The lowest BCUT2D eigenvalue weighted by atomic mass is 10.1. The number of aromatic nitrogens is 1. The first-order chi connectivity index (χ1) is 13.5. The molecule has 1 heterocycles. The number of rotatable bonds is 6. The van der Waals surface area contributed by atoms with E-state index in [1.54, 1.807) is 26.4 Å². The number of aryl methyl sites for hydroxylation is 1. The molecule has 0 aliphatic heterocycles. The van der Waals surface area contributed by atoms with E-state index in [9.17, 15) is 4.79 Å². The Morgan fingerprint density at radius 2 is 1.93 bits per heavy atom. The molecule has 28 heavy (non-hydrogen) atoms. The highest BCUT2D eigenvalue weighted by Gasteiger charge is 2.10. The lowest BCUT2D eigenvalue weighted by Crippen LogP contribution is -2.07. The van der Waals surface area contributed by atoms with E-state index in [4.69, 9.17) is 9.47 Å². The van der Waals surface area contributed by atoms with Crippen LogP contribution in [0.2, 0.25) is 0 Å². The highest BCUT2D eigenvalue weighted by Crippen LogP contribution is 2.36. The zero-order valence-electron chi connectivity index (χ0n) is 15.7. The molecule has 0 saturated carbocycles. The van der Waals surface area contributed by atoms with E-state index >= 15 is 0 Å². The van der Waals surface area contributed by atoms with Gasteiger partial charge in [0.2, 0.25) is 5.91 Å². The van der Waals surface area contributed by atoms with Crippen molar-refractivity contribution in [3.63, 3.8) is 0 Å². The van der Waals surface area contributed by atoms with Gasteiger partial charge in [0.25, 0.3) is 0 Å². The number of benzene rings is 2. The summed E-state index contributed by atoms with van der Waals surface area (Å²) in [5.74, 6) is 0.936. The van der Waals surface area contributed by atoms with Gasteiger partial charge in [-0.3, -0.25) is 10.1 Å². The summed E-state index contributed by atoms with van der Waals surface area (Å²) in [7, 11) is 3.14. The summed E-state index contributed by atoms with van der Waals surface area (Å²) < 4.78 is 11.4. The minimum absolute atomic E-state index is 0.254. The molecule has 0 fully saturated rings. The van der Waals surface area contributed by atoms with Gasteiger partial charge in [-0.15, -0.1) is 11.3 Å². The van der Waals surface area contributed by atoms with E-state index in [1.807, 2.05) is 42.6 Å². The predicted octanol–water partition coefficient (Wildman–Crippen LogP) is 5.55. The summed E-state index contributed by atoms with van der Waals surface area (Å²) >= 11 is 4.83. The van der Waals surface area contributed by atoms with Crippen LogP contribution in [0, 0.1) is 6.92 Å². The van der Waals surface area contributed by atoms with Gasteiger partial charge in [-0.25, -0.2) is 4.98 Å². The maximum Gasteiger partial charge on any atom is 0.250 e. The number of hydrogen-bond donors (Lipinski definition) is 1. The van der Waals surface area contributed by atoms with Crippen LogP contribution in [0.15, 0.2) is 52.3 Å². The van der Waals surface area contributed by atoms with Gasteiger partial charge in [-0.05, 0) is 46.6 Å². The van der Waals surface area contributed by atoms with Crippen molar-refractivity contribution in [2.45, 2.75) is 6.92 Å². The van der Waals surface area contributed by atoms with Crippen LogP contribution < -0.4 is 14.8 Å². The van der Waals surface area contributed by atoms with Crippen LogP contribution in [-0.2, 0) is 4.79 Å². The third-order valence-corrected chi connectivity index (χ3v) is 5.31. The highest BCUT2D eigenvalue weighted by molar-refractivity contribution is 9.10. The lowest BCUT2D eigenvalue weighted by molar-refractivity contribution is -0.111. The Balaban J connectivity index is 1.69. The Morgan fingerprint density at radius 1 is 1.18 bits per heavy atom. The van der Waals surface area contributed by atoms with Crippen molar-refractivity contribution in [2.75, 3.05) is 19.5 Å². The molecule has 3 aromatic rings. The molecular weight excluding hydrogens is 440 g/mol. The second-order valence-corrected chi connectivity index (χ2v) is 7.68. The maximum absolute atomic E-state index is 12.2. The topological polar surface area (TPSA) is 60.5 Å². The monoisotopic (exact) mass is 458 g/mol. The van der Waals surface area contributed by atoms with E-state index in [1.165, 1.54) is 23.0 Å². The van der Waals surface area contributed by atoms with Crippen LogP contribution in [0.1, 0.15) is 11.1 Å². The molecule has 0 atom stereocenters. The van der Waals surface area contributed by atoms with E-state index in [-0.39, 0.29) is 5.91 Å². The largest absolute Gasteiger partial charge is 0.493 e. The molecule has 0 bridgehead atoms. The predicted molar refractivity (Wildman–Crippen MR) is 117 cm³/mol. The normalized spacial score (nSPS) is 10.9. The van der Waals surface area contributed by atoms with Crippen LogP contribution >= 0.6 is 27.3 Å². The second kappa shape index (κ2) is 9.03. The standard InChI is InChI=1S/C21H19BrN2O3S/c1-13-4-7-15(8-5-13)17-12-28-21(23-17)24-19(25)9-6-14-10-16(22)20(27-3)18(11-14)26-2/h4-12H,1-3H3,(H,23,24,25). The first-order valence-corrected chi connectivity index (χ1v) is 10.1. The Hall–Kier alpha value is -2.64. The van der Waals surface area contributed by atoms with Crippen LogP contribution in [0.25, 0.3) is 17.3 Å². The maximum atomic E-state index is 12.2. The van der Waals surface area contributed by atoms with Gasteiger partial charge in [-0.1, -0.05) is 29.8 Å². The number of nitrogens with zero attached hydrogens (tertiary/aromatic N) is 1. The van der Waals surface area contributed by atoms with Gasteiger partial charge < -0.3 is 9.47 Å². The first-order valence-electron chi connectivity index (χ1n) is 8.43. The number of amides is 1. The Bertz CT molecular complexity index is 1010. The summed E-state index contributed by atoms with van der Waals surface area (Å²) in [6.07, 6.45) is 3.16. The zero-order chi connectivity index (χ0) is 20.1. The number of thiazole rings is 1. The molecule has 5 nitrogen and oxygen atoms in total. The fourth-order valence-electron chi connectivity index (χ4n) is 2.54. The van der Waals surface area contributed by atoms with Crippen molar-refractivity contribution in [2.24, 2.45) is 0 Å². The number of nitrogens with one attached hydrogen (secondary N) is 1. The molecule has 1 aromatic heterocycles. The molecule has 0 aliphatic carbocycles. The third-order valence-electron chi connectivity index (χ3n) is 3.96. The molecule has 1 N–H and O–H groups in total. The quantitative estimate of drug-likeness (QED) is 0.491. The number of carbonyl (C=O) groups is 1. The van der Waals surface area contributed by atoms with Gasteiger partial charge in [-0.2, -0.15) is 0 Å². The Morgan fingerprint density at radius 3 is 2.61 bits per heavy atom. The Kier molecular flexibility index (Phi) is 6.49. The summed E-state index contributed by atoms with van der Waals surface area (Å²) in [5.41, 5.74) is 3.86. The number of carbonyl (C=O) groups excluding carboxylic acids is 1. The summed E-state index contributed by atoms with van der Waals surface area (Å²) in [6.45, 7) is 2.04. The van der Waals surface area contributed by atoms with Crippen LogP contribution in [0.3, 0.4) is 0 Å². The van der Waals surface area contributed by atoms with E-state index in [2.05, 4.69) is 26.2 Å². The zero-order valence-corrected chi connectivity index (χ0v) is 18.1. The van der Waals surface area contributed by atoms with Crippen molar-refractivity contribution < 1.29 is 14.3 Å². The molecule has 2 aromatic carbocycles. The highest BCUT2D eigenvalue weighted by atomic mass is 79.9. The van der Waals surface area contributed by atoms with Crippen molar-refractivity contribution in [1.29, 1.82) is 0 Å². The number of hydrogen-bond acceptors (Lipinski definition) is 5. The fraction of sp³-hybridized carbons (Fsp3) is 0.143. The molecular formula is C21H19BrN2O3S. The number of methoxy groups -OCH3 is 2. The molecule has 0 spiro atoms. The van der Waals surface area contributed by atoms with Gasteiger partial charge in [0.05, 0.1) is 24.4 Å². The minimum atomic E-state index is -0.254. The third kappa shape index (κ3) is 4.79. The first kappa shape index (κ1) is 20.1. The molecule has 3 rings (SSSR count).